The highest BCUT2D eigenvalue weighted by Gasteiger charge is 2.18. The number of hydrogen-bond donors (Lipinski definition) is 2. The molecular formula is C19H21N3O2. The van der Waals surface area contributed by atoms with Gasteiger partial charge < -0.3 is 15.4 Å². The molecule has 124 valence electrons. The predicted octanol–water partition coefficient (Wildman–Crippen LogP) is 2.69. The van der Waals surface area contributed by atoms with Crippen LogP contribution in [0.1, 0.15) is 35.4 Å². The summed E-state index contributed by atoms with van der Waals surface area (Å²) in [5.74, 6) is -0.562. The Morgan fingerprint density at radius 2 is 2.00 bits per heavy atom. The second-order valence-corrected chi connectivity index (χ2v) is 6.10. The number of nitrogens with zero attached hydrogens (tertiary/aromatic N) is 2. The minimum absolute atomic E-state index is 0.155. The average molecular weight is 323 g/mol. The van der Waals surface area contributed by atoms with Crippen LogP contribution in [0.25, 0.3) is 10.8 Å². The standard InChI is InChI=1S/C19H21N3O2/c1-13(23)18(22-11-17(19(20)24)21-12-22)9-7-14-6-8-15-4-2-3-5-16(15)10-14/h2-6,8,10-13,18,23H,7,9H2,1H3,(H2,20,24)/t13-,18-/m1/s1. The molecular weight excluding hydrogens is 302 g/mol. The Labute approximate surface area is 140 Å². The zero-order valence-electron chi connectivity index (χ0n) is 13.6. The SMILES string of the molecule is C[C@@H](O)[C@@H](CCc1ccc2ccccc2c1)n1cnc(C(N)=O)c1. The third kappa shape index (κ3) is 3.46. The Kier molecular flexibility index (Phi) is 4.62. The van der Waals surface area contributed by atoms with E-state index < -0.39 is 12.0 Å². The molecule has 0 radical (unpaired) electrons. The summed E-state index contributed by atoms with van der Waals surface area (Å²) in [7, 11) is 0. The molecule has 0 aliphatic heterocycles. The molecule has 0 aliphatic rings. The number of aryl methyl sites for hydroxylation is 1. The molecule has 2 aromatic carbocycles. The van der Waals surface area contributed by atoms with E-state index in [1.807, 2.05) is 12.1 Å². The van der Waals surface area contributed by atoms with Gasteiger partial charge in [0.1, 0.15) is 5.69 Å². The summed E-state index contributed by atoms with van der Waals surface area (Å²) in [6, 6.07) is 14.5. The fourth-order valence-electron chi connectivity index (χ4n) is 2.99. The van der Waals surface area contributed by atoms with Crippen molar-refractivity contribution in [3.05, 3.63) is 66.2 Å². The Bertz CT molecular complexity index is 854. The fourth-order valence-corrected chi connectivity index (χ4v) is 2.99. The summed E-state index contributed by atoms with van der Waals surface area (Å²) in [4.78, 5) is 15.2. The van der Waals surface area contributed by atoms with E-state index in [4.69, 9.17) is 5.73 Å². The first kappa shape index (κ1) is 16.2. The van der Waals surface area contributed by atoms with Crippen LogP contribution in [0.2, 0.25) is 0 Å². The third-order valence-corrected chi connectivity index (χ3v) is 4.34. The van der Waals surface area contributed by atoms with Crippen molar-refractivity contribution in [3.8, 4) is 0 Å². The molecule has 1 heterocycles. The van der Waals surface area contributed by atoms with Gasteiger partial charge in [0.25, 0.3) is 5.91 Å². The van der Waals surface area contributed by atoms with Gasteiger partial charge in [0.15, 0.2) is 0 Å². The van der Waals surface area contributed by atoms with Gasteiger partial charge in [-0.2, -0.15) is 0 Å². The summed E-state index contributed by atoms with van der Waals surface area (Å²) in [5.41, 5.74) is 6.68. The molecule has 0 unspecified atom stereocenters. The molecule has 0 spiro atoms. The first-order valence-electron chi connectivity index (χ1n) is 8.03. The Morgan fingerprint density at radius 1 is 1.25 bits per heavy atom. The van der Waals surface area contributed by atoms with Gasteiger partial charge in [-0.3, -0.25) is 4.79 Å². The second kappa shape index (κ2) is 6.84. The normalized spacial score (nSPS) is 13.8. The quantitative estimate of drug-likeness (QED) is 0.732. The smallest absolute Gasteiger partial charge is 0.268 e. The van der Waals surface area contributed by atoms with Gasteiger partial charge in [-0.25, -0.2) is 4.98 Å². The van der Waals surface area contributed by atoms with Gasteiger partial charge in [0.2, 0.25) is 0 Å². The van der Waals surface area contributed by atoms with Crippen molar-refractivity contribution >= 4 is 16.7 Å². The zero-order chi connectivity index (χ0) is 17.1. The molecule has 0 bridgehead atoms. The van der Waals surface area contributed by atoms with Crippen LogP contribution in [-0.4, -0.2) is 26.7 Å². The summed E-state index contributed by atoms with van der Waals surface area (Å²) in [6.07, 6.45) is 4.16. The van der Waals surface area contributed by atoms with Gasteiger partial charge in [0, 0.05) is 6.20 Å². The van der Waals surface area contributed by atoms with Crippen LogP contribution in [0.4, 0.5) is 0 Å². The van der Waals surface area contributed by atoms with E-state index in [2.05, 4.69) is 35.3 Å². The first-order chi connectivity index (χ1) is 11.5. The summed E-state index contributed by atoms with van der Waals surface area (Å²) in [5, 5.41) is 12.5. The third-order valence-electron chi connectivity index (χ3n) is 4.34. The highest BCUT2D eigenvalue weighted by atomic mass is 16.3. The van der Waals surface area contributed by atoms with Crippen LogP contribution < -0.4 is 5.73 Å². The van der Waals surface area contributed by atoms with Crippen LogP contribution in [-0.2, 0) is 6.42 Å². The highest BCUT2D eigenvalue weighted by Crippen LogP contribution is 2.22. The van der Waals surface area contributed by atoms with Crippen LogP contribution in [0.5, 0.6) is 0 Å². The maximum absolute atomic E-state index is 11.2. The number of fused-ring (bicyclic) bond motifs is 1. The number of aromatic nitrogens is 2. The highest BCUT2D eigenvalue weighted by molar-refractivity contribution is 5.90. The lowest BCUT2D eigenvalue weighted by Gasteiger charge is -2.21. The maximum Gasteiger partial charge on any atom is 0.268 e. The molecule has 5 heteroatoms. The van der Waals surface area contributed by atoms with Crippen LogP contribution in [0.15, 0.2) is 55.0 Å². The van der Waals surface area contributed by atoms with Crippen LogP contribution in [0.3, 0.4) is 0 Å². The lowest BCUT2D eigenvalue weighted by molar-refractivity contribution is 0.0994. The topological polar surface area (TPSA) is 81.1 Å². The van der Waals surface area contributed by atoms with Crippen molar-refractivity contribution in [2.24, 2.45) is 5.73 Å². The lowest BCUT2D eigenvalue weighted by atomic mass is 9.99. The number of benzene rings is 2. The second-order valence-electron chi connectivity index (χ2n) is 6.10. The molecule has 24 heavy (non-hydrogen) atoms. The lowest BCUT2D eigenvalue weighted by Crippen LogP contribution is -2.21. The summed E-state index contributed by atoms with van der Waals surface area (Å²) in [6.45, 7) is 1.75. The van der Waals surface area contributed by atoms with Crippen molar-refractivity contribution in [3.63, 3.8) is 0 Å². The number of amides is 1. The van der Waals surface area contributed by atoms with Crippen molar-refractivity contribution in [1.29, 1.82) is 0 Å². The fraction of sp³-hybridized carbons (Fsp3) is 0.263. The van der Waals surface area contributed by atoms with Crippen molar-refractivity contribution in [2.45, 2.75) is 31.9 Å². The van der Waals surface area contributed by atoms with E-state index in [0.29, 0.717) is 0 Å². The largest absolute Gasteiger partial charge is 0.391 e. The number of rotatable bonds is 6. The van der Waals surface area contributed by atoms with E-state index in [9.17, 15) is 9.90 Å². The van der Waals surface area contributed by atoms with Gasteiger partial charge in [-0.1, -0.05) is 42.5 Å². The molecule has 0 fully saturated rings. The van der Waals surface area contributed by atoms with Crippen molar-refractivity contribution in [1.82, 2.24) is 9.55 Å². The monoisotopic (exact) mass is 323 g/mol. The number of primary amides is 1. The van der Waals surface area contributed by atoms with E-state index in [0.717, 1.165) is 12.8 Å². The molecule has 1 amide bonds. The van der Waals surface area contributed by atoms with Crippen molar-refractivity contribution in [2.75, 3.05) is 0 Å². The van der Waals surface area contributed by atoms with E-state index in [1.165, 1.54) is 16.3 Å². The van der Waals surface area contributed by atoms with E-state index in [1.54, 1.807) is 24.0 Å². The van der Waals surface area contributed by atoms with Gasteiger partial charge in [0.05, 0.1) is 18.5 Å². The molecule has 1 aromatic heterocycles. The van der Waals surface area contributed by atoms with Crippen molar-refractivity contribution < 1.29 is 9.90 Å². The maximum atomic E-state index is 11.2. The predicted molar refractivity (Wildman–Crippen MR) is 93.7 cm³/mol. The molecule has 3 rings (SSSR count). The van der Waals surface area contributed by atoms with Gasteiger partial charge in [-0.05, 0) is 36.1 Å². The Morgan fingerprint density at radius 3 is 2.67 bits per heavy atom. The van der Waals surface area contributed by atoms with Gasteiger partial charge >= 0.3 is 0 Å². The number of carbonyl (C=O) groups excluding carboxylic acids is 1. The van der Waals surface area contributed by atoms with E-state index in [-0.39, 0.29) is 11.7 Å². The van der Waals surface area contributed by atoms with Gasteiger partial charge in [-0.15, -0.1) is 0 Å². The molecule has 3 aromatic rings. The number of aliphatic hydroxyl groups excluding tert-OH is 1. The number of carbonyl (C=O) groups is 1. The first-order valence-corrected chi connectivity index (χ1v) is 8.03. The summed E-state index contributed by atoms with van der Waals surface area (Å²) < 4.78 is 1.77. The Hall–Kier alpha value is -2.66. The Balaban J connectivity index is 1.76. The number of nitrogens with two attached hydrogens (primary N) is 1. The number of imidazole rings is 1. The molecule has 0 saturated heterocycles. The zero-order valence-corrected chi connectivity index (χ0v) is 13.6. The summed E-state index contributed by atoms with van der Waals surface area (Å²) >= 11 is 0. The molecule has 0 saturated carbocycles. The number of aliphatic hydroxyl groups is 1. The number of hydrogen-bond acceptors (Lipinski definition) is 3. The molecule has 5 nitrogen and oxygen atoms in total. The molecule has 3 N–H and O–H groups in total. The van der Waals surface area contributed by atoms with E-state index >= 15 is 0 Å². The molecule has 2 atom stereocenters. The van der Waals surface area contributed by atoms with Crippen LogP contribution in [0, 0.1) is 0 Å². The average Bonchev–Trinajstić information content (AvgIpc) is 3.04. The minimum Gasteiger partial charge on any atom is -0.391 e. The molecule has 0 aliphatic carbocycles. The van der Waals surface area contributed by atoms with Crippen LogP contribution >= 0.6 is 0 Å². The minimum atomic E-state index is -0.562.